The van der Waals surface area contributed by atoms with Crippen LogP contribution >= 0.6 is 0 Å². The van der Waals surface area contributed by atoms with Crippen molar-refractivity contribution in [3.8, 4) is 0 Å². The third-order valence-corrected chi connectivity index (χ3v) is 4.28. The summed E-state index contributed by atoms with van der Waals surface area (Å²) in [6, 6.07) is 0. The monoisotopic (exact) mass is 284 g/mol. The van der Waals surface area contributed by atoms with Crippen molar-refractivity contribution in [2.45, 2.75) is 44.9 Å². The van der Waals surface area contributed by atoms with E-state index in [1.54, 1.807) is 4.90 Å². The molecule has 0 heterocycles. The maximum absolute atomic E-state index is 12.3. The minimum atomic E-state index is -0.782. The molecule has 1 rings (SSSR count). The second kappa shape index (κ2) is 7.62. The Hall–Kier alpha value is -1.10. The van der Waals surface area contributed by atoms with Crippen molar-refractivity contribution >= 4 is 11.9 Å². The number of nitrogens with zero attached hydrogens (tertiary/aromatic N) is 2. The number of hydrogen-bond acceptors (Lipinski definition) is 3. The van der Waals surface area contributed by atoms with E-state index in [9.17, 15) is 9.59 Å². The average Bonchev–Trinajstić information content (AvgIpc) is 2.35. The number of rotatable bonds is 7. The lowest BCUT2D eigenvalue weighted by molar-refractivity contribution is -0.142. The Morgan fingerprint density at radius 1 is 1.00 bits per heavy atom. The highest BCUT2D eigenvalue weighted by Crippen LogP contribution is 2.42. The molecule has 0 aliphatic heterocycles. The summed E-state index contributed by atoms with van der Waals surface area (Å²) < 4.78 is 0. The van der Waals surface area contributed by atoms with E-state index in [1.165, 1.54) is 0 Å². The quantitative estimate of drug-likeness (QED) is 0.774. The molecule has 0 bridgehead atoms. The van der Waals surface area contributed by atoms with Crippen LogP contribution in [0.1, 0.15) is 44.9 Å². The second-order valence-corrected chi connectivity index (χ2v) is 6.43. The lowest BCUT2D eigenvalue weighted by Gasteiger charge is -2.36. The molecule has 1 aliphatic rings. The minimum absolute atomic E-state index is 0.0787. The maximum Gasteiger partial charge on any atom is 0.303 e. The Morgan fingerprint density at radius 2 is 1.60 bits per heavy atom. The molecule has 20 heavy (non-hydrogen) atoms. The fourth-order valence-corrected chi connectivity index (χ4v) is 2.97. The lowest BCUT2D eigenvalue weighted by atomic mass is 9.69. The van der Waals surface area contributed by atoms with Crippen LogP contribution in [0.25, 0.3) is 0 Å². The lowest BCUT2D eigenvalue weighted by Crippen LogP contribution is -2.38. The van der Waals surface area contributed by atoms with Gasteiger partial charge in [0.05, 0.1) is 6.42 Å². The van der Waals surface area contributed by atoms with Gasteiger partial charge in [-0.05, 0) is 32.4 Å². The predicted molar refractivity (Wildman–Crippen MR) is 78.6 cm³/mol. The topological polar surface area (TPSA) is 60.9 Å². The molecular formula is C15H28N2O3. The van der Waals surface area contributed by atoms with Crippen LogP contribution in [0.2, 0.25) is 0 Å². The molecule has 116 valence electrons. The zero-order valence-electron chi connectivity index (χ0n) is 13.0. The molecule has 1 aliphatic carbocycles. The molecular weight excluding hydrogens is 256 g/mol. The van der Waals surface area contributed by atoms with Gasteiger partial charge >= 0.3 is 5.97 Å². The molecule has 0 radical (unpaired) electrons. The number of likely N-dealkylation sites (N-methyl/N-ethyl adjacent to an activating group) is 2. The van der Waals surface area contributed by atoms with Crippen LogP contribution in [0.3, 0.4) is 0 Å². The van der Waals surface area contributed by atoms with Gasteiger partial charge in [-0.25, -0.2) is 0 Å². The van der Waals surface area contributed by atoms with Gasteiger partial charge in [0.1, 0.15) is 0 Å². The van der Waals surface area contributed by atoms with Crippen LogP contribution in [-0.2, 0) is 9.59 Å². The summed E-state index contributed by atoms with van der Waals surface area (Å²) in [5, 5.41) is 9.13. The maximum atomic E-state index is 12.3. The zero-order valence-corrected chi connectivity index (χ0v) is 13.0. The number of hydrogen-bond donors (Lipinski definition) is 1. The number of aliphatic carboxylic acids is 1. The Labute approximate surface area is 121 Å². The van der Waals surface area contributed by atoms with Crippen molar-refractivity contribution in [1.29, 1.82) is 0 Å². The highest BCUT2D eigenvalue weighted by Gasteiger charge is 2.37. The third-order valence-electron chi connectivity index (χ3n) is 4.28. The molecule has 1 saturated carbocycles. The summed E-state index contributed by atoms with van der Waals surface area (Å²) in [5.74, 6) is -0.703. The van der Waals surface area contributed by atoms with Gasteiger partial charge in [0.2, 0.25) is 5.91 Å². The van der Waals surface area contributed by atoms with E-state index in [0.717, 1.165) is 38.6 Å². The highest BCUT2D eigenvalue weighted by molar-refractivity contribution is 5.78. The Bertz CT molecular complexity index is 336. The largest absolute Gasteiger partial charge is 0.481 e. The van der Waals surface area contributed by atoms with E-state index < -0.39 is 5.97 Å². The standard InChI is InChI=1S/C15H28N2O3/c1-16(2)9-10-17(3)13(18)11-15(12-14(19)20)7-5-4-6-8-15/h4-12H2,1-3H3,(H,19,20). The van der Waals surface area contributed by atoms with Crippen molar-refractivity contribution in [3.63, 3.8) is 0 Å². The van der Waals surface area contributed by atoms with Crippen molar-refractivity contribution in [2.75, 3.05) is 34.2 Å². The molecule has 1 N–H and O–H groups in total. The van der Waals surface area contributed by atoms with Gasteiger partial charge in [-0.1, -0.05) is 19.3 Å². The molecule has 0 saturated heterocycles. The van der Waals surface area contributed by atoms with Crippen molar-refractivity contribution < 1.29 is 14.7 Å². The fraction of sp³-hybridized carbons (Fsp3) is 0.867. The Morgan fingerprint density at radius 3 is 2.10 bits per heavy atom. The van der Waals surface area contributed by atoms with E-state index in [4.69, 9.17) is 5.11 Å². The average molecular weight is 284 g/mol. The van der Waals surface area contributed by atoms with Gasteiger partial charge in [-0.15, -0.1) is 0 Å². The number of amides is 1. The summed E-state index contributed by atoms with van der Waals surface area (Å²) in [4.78, 5) is 27.2. The van der Waals surface area contributed by atoms with Crippen LogP contribution in [0.15, 0.2) is 0 Å². The van der Waals surface area contributed by atoms with E-state index >= 15 is 0 Å². The number of carboxylic acids is 1. The first-order chi connectivity index (χ1) is 9.34. The van der Waals surface area contributed by atoms with Gasteiger partial charge in [-0.2, -0.15) is 0 Å². The summed E-state index contributed by atoms with van der Waals surface area (Å²) >= 11 is 0. The predicted octanol–water partition coefficient (Wildman–Crippen LogP) is 1.82. The molecule has 0 spiro atoms. The van der Waals surface area contributed by atoms with Gasteiger partial charge in [0.15, 0.2) is 0 Å². The fourth-order valence-electron chi connectivity index (χ4n) is 2.97. The van der Waals surface area contributed by atoms with E-state index in [2.05, 4.69) is 0 Å². The number of carbonyl (C=O) groups excluding carboxylic acids is 1. The Kier molecular flexibility index (Phi) is 6.46. The van der Waals surface area contributed by atoms with Gasteiger partial charge in [-0.3, -0.25) is 9.59 Å². The molecule has 1 amide bonds. The summed E-state index contributed by atoms with van der Waals surface area (Å²) in [6.45, 7) is 1.52. The van der Waals surface area contributed by atoms with Gasteiger partial charge < -0.3 is 14.9 Å². The molecule has 0 aromatic heterocycles. The number of carboxylic acid groups (broad SMARTS) is 1. The first kappa shape index (κ1) is 17.0. The molecule has 5 heteroatoms. The Balaban J connectivity index is 2.59. The summed E-state index contributed by atoms with van der Waals surface area (Å²) in [7, 11) is 5.76. The molecule has 5 nitrogen and oxygen atoms in total. The van der Waals surface area contributed by atoms with Crippen LogP contribution in [0, 0.1) is 5.41 Å². The van der Waals surface area contributed by atoms with Crippen LogP contribution < -0.4 is 0 Å². The van der Waals surface area contributed by atoms with Crippen molar-refractivity contribution in [2.24, 2.45) is 5.41 Å². The molecule has 0 aromatic carbocycles. The molecule has 0 unspecified atom stereocenters. The van der Waals surface area contributed by atoms with E-state index in [0.29, 0.717) is 13.0 Å². The van der Waals surface area contributed by atoms with Crippen LogP contribution in [0.4, 0.5) is 0 Å². The first-order valence-electron chi connectivity index (χ1n) is 7.45. The van der Waals surface area contributed by atoms with Crippen molar-refractivity contribution in [1.82, 2.24) is 9.80 Å². The van der Waals surface area contributed by atoms with Crippen LogP contribution in [0.5, 0.6) is 0 Å². The van der Waals surface area contributed by atoms with Crippen LogP contribution in [-0.4, -0.2) is 61.0 Å². The normalized spacial score (nSPS) is 18.0. The second-order valence-electron chi connectivity index (χ2n) is 6.43. The number of carbonyl (C=O) groups is 2. The molecule has 0 aromatic rings. The first-order valence-corrected chi connectivity index (χ1v) is 7.45. The minimum Gasteiger partial charge on any atom is -0.481 e. The van der Waals surface area contributed by atoms with Gasteiger partial charge in [0, 0.05) is 26.6 Å². The van der Waals surface area contributed by atoms with Gasteiger partial charge in [0.25, 0.3) is 0 Å². The molecule has 0 atom stereocenters. The highest BCUT2D eigenvalue weighted by atomic mass is 16.4. The van der Waals surface area contributed by atoms with Crippen molar-refractivity contribution in [3.05, 3.63) is 0 Å². The third kappa shape index (κ3) is 5.49. The smallest absolute Gasteiger partial charge is 0.303 e. The SMILES string of the molecule is CN(C)CCN(C)C(=O)CC1(CC(=O)O)CCCCC1. The van der Waals surface area contributed by atoms with E-state index in [-0.39, 0.29) is 17.7 Å². The summed E-state index contributed by atoms with van der Waals surface area (Å²) in [5.41, 5.74) is -0.312. The zero-order chi connectivity index (χ0) is 15.2. The van der Waals surface area contributed by atoms with E-state index in [1.807, 2.05) is 26.0 Å². The summed E-state index contributed by atoms with van der Waals surface area (Å²) in [6.07, 6.45) is 5.48. The molecule has 1 fully saturated rings.